The number of H-pyrrole nitrogens is 1. The lowest BCUT2D eigenvalue weighted by atomic mass is 10.1. The Bertz CT molecular complexity index is 776. The molecule has 1 amide bonds. The van der Waals surface area contributed by atoms with Gasteiger partial charge in [0.25, 0.3) is 11.5 Å². The highest BCUT2D eigenvalue weighted by Gasteiger charge is 2.20. The van der Waals surface area contributed by atoms with Crippen LogP contribution in [0, 0.1) is 5.82 Å². The average molecular weight is 352 g/mol. The van der Waals surface area contributed by atoms with E-state index in [0.717, 1.165) is 0 Å². The first-order valence-electron chi connectivity index (χ1n) is 7.44. The van der Waals surface area contributed by atoms with E-state index in [-0.39, 0.29) is 23.1 Å². The first-order chi connectivity index (χ1) is 11.4. The molecule has 2 aromatic rings. The fraction of sp³-hybridized carbons (Fsp3) is 0.294. The molecule has 1 aromatic heterocycles. The summed E-state index contributed by atoms with van der Waals surface area (Å²) in [5, 5.41) is 0.158. The normalized spacial score (nSPS) is 10.9. The van der Waals surface area contributed by atoms with Gasteiger partial charge in [-0.05, 0) is 32.3 Å². The summed E-state index contributed by atoms with van der Waals surface area (Å²) in [6.45, 7) is 1.04. The summed E-state index contributed by atoms with van der Waals surface area (Å²) >= 11 is 5.72. The van der Waals surface area contributed by atoms with Crippen molar-refractivity contribution >= 4 is 17.5 Å². The summed E-state index contributed by atoms with van der Waals surface area (Å²) in [6, 6.07) is 9.10. The summed E-state index contributed by atoms with van der Waals surface area (Å²) in [5.41, 5.74) is -0.180. The van der Waals surface area contributed by atoms with Crippen LogP contribution in [0.25, 0.3) is 0 Å². The molecule has 7 heteroatoms. The van der Waals surface area contributed by atoms with Crippen LogP contribution in [0.2, 0.25) is 5.15 Å². The SMILES string of the molecule is CN(C)CCN(Cc1ccccc1F)C(=O)c1ccc(Cl)[nH]c1=O. The zero-order chi connectivity index (χ0) is 17.7. The lowest BCUT2D eigenvalue weighted by Crippen LogP contribution is -2.38. The Morgan fingerprint density at radius 2 is 1.88 bits per heavy atom. The molecule has 1 N–H and O–H groups in total. The maximum atomic E-state index is 13.9. The fourth-order valence-corrected chi connectivity index (χ4v) is 2.34. The maximum absolute atomic E-state index is 13.9. The largest absolute Gasteiger partial charge is 0.333 e. The number of hydrogen-bond donors (Lipinski definition) is 1. The first kappa shape index (κ1) is 18.2. The highest BCUT2D eigenvalue weighted by Crippen LogP contribution is 2.12. The van der Waals surface area contributed by atoms with Crippen molar-refractivity contribution in [2.45, 2.75) is 6.54 Å². The van der Waals surface area contributed by atoms with Crippen LogP contribution in [-0.2, 0) is 6.54 Å². The Balaban J connectivity index is 2.29. The number of aromatic amines is 1. The van der Waals surface area contributed by atoms with Crippen molar-refractivity contribution in [3.8, 4) is 0 Å². The molecule has 0 atom stereocenters. The Labute approximate surface area is 144 Å². The van der Waals surface area contributed by atoms with Gasteiger partial charge in [0.05, 0.1) is 0 Å². The number of carbonyl (C=O) groups is 1. The van der Waals surface area contributed by atoms with Crippen molar-refractivity contribution in [2.75, 3.05) is 27.2 Å². The number of nitrogens with zero attached hydrogens (tertiary/aromatic N) is 2. The van der Waals surface area contributed by atoms with E-state index in [1.54, 1.807) is 18.2 Å². The number of carbonyl (C=O) groups excluding carboxylic acids is 1. The van der Waals surface area contributed by atoms with Crippen molar-refractivity contribution < 1.29 is 9.18 Å². The highest BCUT2D eigenvalue weighted by molar-refractivity contribution is 6.29. The molecular weight excluding hydrogens is 333 g/mol. The Morgan fingerprint density at radius 1 is 1.17 bits per heavy atom. The molecule has 0 radical (unpaired) electrons. The predicted molar refractivity (Wildman–Crippen MR) is 91.8 cm³/mol. The number of amides is 1. The third-order valence-corrected chi connectivity index (χ3v) is 3.75. The Kier molecular flexibility index (Phi) is 6.11. The molecule has 0 fully saturated rings. The van der Waals surface area contributed by atoms with Crippen LogP contribution in [0.1, 0.15) is 15.9 Å². The van der Waals surface area contributed by atoms with Gasteiger partial charge in [0.2, 0.25) is 0 Å². The minimum absolute atomic E-state index is 0.0190. The molecule has 0 aliphatic heterocycles. The van der Waals surface area contributed by atoms with Crippen molar-refractivity contribution in [3.05, 3.63) is 68.8 Å². The van der Waals surface area contributed by atoms with Crippen LogP contribution in [0.5, 0.6) is 0 Å². The molecule has 0 bridgehead atoms. The summed E-state index contributed by atoms with van der Waals surface area (Å²) in [7, 11) is 3.75. The van der Waals surface area contributed by atoms with Crippen LogP contribution >= 0.6 is 11.6 Å². The second-order valence-electron chi connectivity index (χ2n) is 5.67. The van der Waals surface area contributed by atoms with Crippen LogP contribution < -0.4 is 5.56 Å². The fourth-order valence-electron chi connectivity index (χ4n) is 2.19. The number of benzene rings is 1. The smallest absolute Gasteiger partial charge is 0.261 e. The van der Waals surface area contributed by atoms with E-state index < -0.39 is 11.5 Å². The van der Waals surface area contributed by atoms with E-state index in [9.17, 15) is 14.0 Å². The summed E-state index contributed by atoms with van der Waals surface area (Å²) in [4.78, 5) is 30.5. The number of pyridine rings is 1. The summed E-state index contributed by atoms with van der Waals surface area (Å²) < 4.78 is 13.9. The second kappa shape index (κ2) is 8.08. The third-order valence-electron chi connectivity index (χ3n) is 3.53. The van der Waals surface area contributed by atoms with E-state index >= 15 is 0 Å². The van der Waals surface area contributed by atoms with Crippen LogP contribution in [0.4, 0.5) is 4.39 Å². The van der Waals surface area contributed by atoms with Crippen molar-refractivity contribution in [1.29, 1.82) is 0 Å². The number of halogens is 2. The molecule has 24 heavy (non-hydrogen) atoms. The zero-order valence-corrected chi connectivity index (χ0v) is 14.3. The first-order valence-corrected chi connectivity index (χ1v) is 7.82. The highest BCUT2D eigenvalue weighted by atomic mass is 35.5. The van der Waals surface area contributed by atoms with Gasteiger partial charge in [-0.1, -0.05) is 29.8 Å². The van der Waals surface area contributed by atoms with E-state index in [1.165, 1.54) is 23.1 Å². The lowest BCUT2D eigenvalue weighted by molar-refractivity contribution is 0.0728. The topological polar surface area (TPSA) is 56.4 Å². The molecule has 0 saturated carbocycles. The van der Waals surface area contributed by atoms with E-state index in [1.807, 2.05) is 19.0 Å². The Morgan fingerprint density at radius 3 is 2.50 bits per heavy atom. The number of likely N-dealkylation sites (N-methyl/N-ethyl adjacent to an activating group) is 1. The second-order valence-corrected chi connectivity index (χ2v) is 6.08. The van der Waals surface area contributed by atoms with Crippen LogP contribution in [0.3, 0.4) is 0 Å². The minimum Gasteiger partial charge on any atom is -0.333 e. The molecule has 128 valence electrons. The van der Waals surface area contributed by atoms with Gasteiger partial charge in [-0.3, -0.25) is 9.59 Å². The number of nitrogens with one attached hydrogen (secondary N) is 1. The average Bonchev–Trinajstić information content (AvgIpc) is 2.52. The summed E-state index contributed by atoms with van der Waals surface area (Å²) in [6.07, 6.45) is 0. The van der Waals surface area contributed by atoms with Gasteiger partial charge in [-0.25, -0.2) is 4.39 Å². The van der Waals surface area contributed by atoms with Gasteiger partial charge in [-0.2, -0.15) is 0 Å². The number of hydrogen-bond acceptors (Lipinski definition) is 3. The molecule has 0 aliphatic rings. The van der Waals surface area contributed by atoms with Gasteiger partial charge in [-0.15, -0.1) is 0 Å². The number of rotatable bonds is 6. The van der Waals surface area contributed by atoms with Gasteiger partial charge in [0.15, 0.2) is 0 Å². The van der Waals surface area contributed by atoms with Gasteiger partial charge in [0.1, 0.15) is 16.5 Å². The molecular formula is C17H19ClFN3O2. The quantitative estimate of drug-likeness (QED) is 0.813. The maximum Gasteiger partial charge on any atom is 0.261 e. The van der Waals surface area contributed by atoms with Gasteiger partial charge >= 0.3 is 0 Å². The summed E-state index contributed by atoms with van der Waals surface area (Å²) in [5.74, 6) is -0.844. The van der Waals surface area contributed by atoms with Crippen LogP contribution in [0.15, 0.2) is 41.2 Å². The number of aromatic nitrogens is 1. The molecule has 0 spiro atoms. The van der Waals surface area contributed by atoms with E-state index in [2.05, 4.69) is 4.98 Å². The monoisotopic (exact) mass is 351 g/mol. The van der Waals surface area contributed by atoms with Crippen LogP contribution in [-0.4, -0.2) is 47.9 Å². The molecule has 2 rings (SSSR count). The van der Waals surface area contributed by atoms with Crippen molar-refractivity contribution in [2.24, 2.45) is 0 Å². The molecule has 1 aromatic carbocycles. The predicted octanol–water partition coefficient (Wildman–Crippen LogP) is 2.37. The van der Waals surface area contributed by atoms with Gasteiger partial charge < -0.3 is 14.8 Å². The Hall–Kier alpha value is -2.18. The molecule has 5 nitrogen and oxygen atoms in total. The van der Waals surface area contributed by atoms with Crippen molar-refractivity contribution in [3.63, 3.8) is 0 Å². The minimum atomic E-state index is -0.559. The molecule has 0 saturated heterocycles. The van der Waals surface area contributed by atoms with E-state index in [0.29, 0.717) is 18.7 Å². The zero-order valence-electron chi connectivity index (χ0n) is 13.6. The molecule has 1 heterocycles. The molecule has 0 unspecified atom stereocenters. The lowest BCUT2D eigenvalue weighted by Gasteiger charge is -2.24. The van der Waals surface area contributed by atoms with Gasteiger partial charge in [0, 0.05) is 25.2 Å². The van der Waals surface area contributed by atoms with Crippen molar-refractivity contribution in [1.82, 2.24) is 14.8 Å². The molecule has 0 aliphatic carbocycles. The third kappa shape index (κ3) is 4.66. The standard InChI is InChI=1S/C17H19ClFN3O2/c1-21(2)9-10-22(11-12-5-3-4-6-14(12)19)17(24)13-7-8-15(18)20-16(13)23/h3-8H,9-11H2,1-2H3,(H,20,23). The van der Waals surface area contributed by atoms with E-state index in [4.69, 9.17) is 11.6 Å².